The van der Waals surface area contributed by atoms with Gasteiger partial charge in [-0.3, -0.25) is 33.6 Å². The monoisotopic (exact) mass is 979 g/mol. The number of aliphatic hydroxyl groups excluding tert-OH is 3. The van der Waals surface area contributed by atoms with Crippen molar-refractivity contribution in [2.45, 2.75) is 120 Å². The molecule has 0 aliphatic carbocycles. The van der Waals surface area contributed by atoms with E-state index >= 15 is 0 Å². The zero-order chi connectivity index (χ0) is 50.3. The molecule has 1 fully saturated rings. The van der Waals surface area contributed by atoms with E-state index < -0.39 is 42.7 Å². The molecule has 1 saturated heterocycles. The van der Waals surface area contributed by atoms with Crippen LogP contribution in [0.15, 0.2) is 0 Å². The van der Waals surface area contributed by atoms with Gasteiger partial charge in [0.15, 0.2) is 6.29 Å². The van der Waals surface area contributed by atoms with E-state index in [1.807, 2.05) is 0 Å². The van der Waals surface area contributed by atoms with Crippen LogP contribution < -0.4 is 54.4 Å². The summed E-state index contributed by atoms with van der Waals surface area (Å²) in [4.78, 5) is 86.7. The van der Waals surface area contributed by atoms with Gasteiger partial charge in [-0.1, -0.05) is 0 Å². The first-order valence-electron chi connectivity index (χ1n) is 23.8. The molecule has 25 nitrogen and oxygen atoms in total. The van der Waals surface area contributed by atoms with Gasteiger partial charge in [0.25, 0.3) is 0 Å². The number of hydrogen-bond acceptors (Lipinski definition) is 18. The minimum absolute atomic E-state index is 0.00833. The number of carbonyl (C=O) groups excluding carboxylic acids is 7. The Bertz CT molecular complexity index is 1410. The van der Waals surface area contributed by atoms with E-state index in [2.05, 4.69) is 37.2 Å². The second-order valence-corrected chi connectivity index (χ2v) is 16.3. The van der Waals surface area contributed by atoms with Gasteiger partial charge < -0.3 is 93.4 Å². The lowest BCUT2D eigenvalue weighted by Crippen LogP contribution is -2.58. The Balaban J connectivity index is 2.70. The summed E-state index contributed by atoms with van der Waals surface area (Å²) in [7, 11) is 0. The molecule has 0 aromatic carbocycles. The Kier molecular flexibility index (Phi) is 36.1. The lowest BCUT2D eigenvalue weighted by Gasteiger charge is -2.36. The SMILES string of the molecule is NCCCNC(=O)CCOCC(COCCC(=O)NCCCN)(COCCC(=O)NCCCNC(=O)CCCCO[C@@H]1OC(CO)[C@@H](O)CC1O)NC(=O)CCCC(=O)NCCCNC(=O)CN. The van der Waals surface area contributed by atoms with Crippen molar-refractivity contribution in [1.82, 2.24) is 37.2 Å². The second kappa shape index (κ2) is 39.7. The average molecular weight is 979 g/mol. The number of hydrogen-bond donors (Lipinski definition) is 13. The first kappa shape index (κ1) is 61.9. The van der Waals surface area contributed by atoms with E-state index in [0.29, 0.717) is 84.3 Å². The topological polar surface area (TPSA) is 389 Å². The fourth-order valence-electron chi connectivity index (χ4n) is 6.33. The maximum Gasteiger partial charge on any atom is 0.233 e. The van der Waals surface area contributed by atoms with Crippen LogP contribution in [0.25, 0.3) is 0 Å². The predicted octanol–water partition coefficient (Wildman–Crippen LogP) is -4.62. The third-order valence-electron chi connectivity index (χ3n) is 10.2. The number of amides is 7. The van der Waals surface area contributed by atoms with Gasteiger partial charge >= 0.3 is 0 Å². The number of nitrogens with one attached hydrogen (secondary N) is 7. The molecule has 1 aliphatic heterocycles. The van der Waals surface area contributed by atoms with Crippen molar-refractivity contribution < 1.29 is 72.6 Å². The molecule has 7 amide bonds. The fourth-order valence-corrected chi connectivity index (χ4v) is 6.33. The summed E-state index contributed by atoms with van der Waals surface area (Å²) >= 11 is 0. The van der Waals surface area contributed by atoms with E-state index in [1.165, 1.54) is 0 Å². The minimum atomic E-state index is -1.33. The smallest absolute Gasteiger partial charge is 0.233 e. The van der Waals surface area contributed by atoms with Crippen molar-refractivity contribution in [3.05, 3.63) is 0 Å². The molecule has 0 saturated carbocycles. The van der Waals surface area contributed by atoms with E-state index in [-0.39, 0.29) is 146 Å². The molecule has 68 heavy (non-hydrogen) atoms. The van der Waals surface area contributed by atoms with Gasteiger partial charge in [-0.2, -0.15) is 0 Å². The van der Waals surface area contributed by atoms with Crippen LogP contribution in [0, 0.1) is 0 Å². The van der Waals surface area contributed by atoms with E-state index in [0.717, 1.165) is 0 Å². The molecule has 0 radical (unpaired) electrons. The Labute approximate surface area is 399 Å². The van der Waals surface area contributed by atoms with E-state index in [4.69, 9.17) is 40.9 Å². The van der Waals surface area contributed by atoms with Gasteiger partial charge in [-0.05, 0) is 58.0 Å². The van der Waals surface area contributed by atoms with Crippen molar-refractivity contribution in [3.63, 3.8) is 0 Å². The predicted molar refractivity (Wildman–Crippen MR) is 247 cm³/mol. The summed E-state index contributed by atoms with van der Waals surface area (Å²) in [5.74, 6) is -2.00. The molecule has 1 heterocycles. The number of nitrogens with two attached hydrogens (primary N) is 3. The highest BCUT2D eigenvalue weighted by molar-refractivity contribution is 5.80. The van der Waals surface area contributed by atoms with Crippen molar-refractivity contribution in [1.29, 1.82) is 0 Å². The number of carbonyl (C=O) groups is 7. The summed E-state index contributed by atoms with van der Waals surface area (Å²) in [6.45, 7) is 2.07. The van der Waals surface area contributed by atoms with Crippen molar-refractivity contribution in [3.8, 4) is 0 Å². The third kappa shape index (κ3) is 31.8. The molecule has 1 rings (SSSR count). The van der Waals surface area contributed by atoms with Crippen LogP contribution in [0.5, 0.6) is 0 Å². The maximum atomic E-state index is 13.4. The van der Waals surface area contributed by atoms with Gasteiger partial charge in [0, 0.05) is 90.8 Å². The van der Waals surface area contributed by atoms with Crippen LogP contribution >= 0.6 is 0 Å². The molecule has 16 N–H and O–H groups in total. The first-order valence-corrected chi connectivity index (χ1v) is 23.8. The van der Waals surface area contributed by atoms with Gasteiger partial charge in [-0.25, -0.2) is 0 Å². The largest absolute Gasteiger partial charge is 0.394 e. The summed E-state index contributed by atoms with van der Waals surface area (Å²) in [5.41, 5.74) is 15.0. The highest BCUT2D eigenvalue weighted by Gasteiger charge is 2.37. The molecule has 0 spiro atoms. The van der Waals surface area contributed by atoms with Crippen LogP contribution in [0.3, 0.4) is 0 Å². The molecular formula is C43H82N10O15. The van der Waals surface area contributed by atoms with Gasteiger partial charge in [-0.15, -0.1) is 0 Å². The number of ether oxygens (including phenoxy) is 5. The van der Waals surface area contributed by atoms with Crippen LogP contribution in [0.1, 0.15) is 89.9 Å². The molecule has 0 aromatic rings. The summed E-state index contributed by atoms with van der Waals surface area (Å²) in [6.07, 6.45) is -0.0919. The quantitative estimate of drug-likeness (QED) is 0.0256. The standard InChI is InChI=1S/C43H82N10O15/c44-14-4-16-47-37(59)11-23-64-29-43(30-65-24-12-38(60)48-17-5-15-45,53-40(62)10-3-9-36(58)50-19-7-21-52-41(63)27-46)31-66-25-13-39(61)51-20-6-18-49-35(57)8-1-2-22-67-42-33(56)26-32(55)34(28-54)68-42/h32-34,42,54-56H,1-31,44-46H2,(H,47,59)(H,48,60)(H,49,57)(H,50,58)(H,51,61)(H,52,63)(H,53,62)/t32-,33?,34?,42+/m0/s1. The molecule has 4 atom stereocenters. The Morgan fingerprint density at radius 3 is 1.35 bits per heavy atom. The molecule has 394 valence electrons. The second-order valence-electron chi connectivity index (χ2n) is 16.3. The number of unbranched alkanes of at least 4 members (excludes halogenated alkanes) is 1. The zero-order valence-electron chi connectivity index (χ0n) is 39.7. The van der Waals surface area contributed by atoms with Gasteiger partial charge in [0.05, 0.1) is 58.9 Å². The van der Waals surface area contributed by atoms with E-state index in [9.17, 15) is 48.9 Å². The van der Waals surface area contributed by atoms with Crippen LogP contribution in [-0.4, -0.2) is 199 Å². The highest BCUT2D eigenvalue weighted by Crippen LogP contribution is 2.21. The van der Waals surface area contributed by atoms with Crippen molar-refractivity contribution in [2.24, 2.45) is 17.2 Å². The van der Waals surface area contributed by atoms with E-state index in [1.54, 1.807) is 0 Å². The summed E-state index contributed by atoms with van der Waals surface area (Å²) in [5, 5.41) is 48.5. The first-order chi connectivity index (χ1) is 32.8. The molecular weight excluding hydrogens is 897 g/mol. The van der Waals surface area contributed by atoms with Crippen molar-refractivity contribution in [2.75, 3.05) is 112 Å². The van der Waals surface area contributed by atoms with Gasteiger partial charge in [0.2, 0.25) is 41.4 Å². The normalized spacial score (nSPS) is 16.9. The average Bonchev–Trinajstić information content (AvgIpc) is 3.31. The molecule has 25 heteroatoms. The van der Waals surface area contributed by atoms with Gasteiger partial charge in [0.1, 0.15) is 17.7 Å². The Morgan fingerprint density at radius 1 is 0.500 bits per heavy atom. The third-order valence-corrected chi connectivity index (χ3v) is 10.2. The highest BCUT2D eigenvalue weighted by atomic mass is 16.7. The van der Waals surface area contributed by atoms with Crippen molar-refractivity contribution >= 4 is 41.4 Å². The lowest BCUT2D eigenvalue weighted by atomic mass is 10.0. The maximum absolute atomic E-state index is 13.4. The molecule has 0 bridgehead atoms. The van der Waals surface area contributed by atoms with Crippen LogP contribution in [0.2, 0.25) is 0 Å². The Morgan fingerprint density at radius 2 is 0.912 bits per heavy atom. The molecule has 2 unspecified atom stereocenters. The Hall–Kier alpha value is -4.15. The molecule has 0 aromatic heterocycles. The zero-order valence-corrected chi connectivity index (χ0v) is 39.7. The van der Waals surface area contributed by atoms with Crippen LogP contribution in [-0.2, 0) is 57.2 Å². The minimum Gasteiger partial charge on any atom is -0.394 e. The van der Waals surface area contributed by atoms with Crippen LogP contribution in [0.4, 0.5) is 0 Å². The summed E-state index contributed by atoms with van der Waals surface area (Å²) < 4.78 is 28.6. The summed E-state index contributed by atoms with van der Waals surface area (Å²) in [6, 6.07) is 0. The lowest BCUT2D eigenvalue weighted by molar-refractivity contribution is -0.270. The number of rotatable bonds is 42. The fraction of sp³-hybridized carbons (Fsp3) is 0.837. The number of aliphatic hydroxyl groups is 3. The molecule has 1 aliphatic rings.